The van der Waals surface area contributed by atoms with Crippen LogP contribution in [0.25, 0.3) is 0 Å². The molecule has 1 aliphatic heterocycles. The summed E-state index contributed by atoms with van der Waals surface area (Å²) in [5.41, 5.74) is 4.14. The lowest BCUT2D eigenvalue weighted by atomic mass is 10.1. The predicted octanol–water partition coefficient (Wildman–Crippen LogP) is 5.03. The Bertz CT molecular complexity index is 1420. The fourth-order valence-corrected chi connectivity index (χ4v) is 3.90. The summed E-state index contributed by atoms with van der Waals surface area (Å²) in [5.74, 6) is -3.06. The molecule has 0 aliphatic carbocycles. The van der Waals surface area contributed by atoms with E-state index < -0.39 is 23.0 Å². The number of nitrogens with one attached hydrogen (secondary N) is 1. The first kappa shape index (κ1) is 31.4. The van der Waals surface area contributed by atoms with Gasteiger partial charge in [-0.1, -0.05) is 35.9 Å². The van der Waals surface area contributed by atoms with Gasteiger partial charge in [-0.05, 0) is 42.8 Å². The van der Waals surface area contributed by atoms with E-state index in [4.69, 9.17) is 14.9 Å². The van der Waals surface area contributed by atoms with Gasteiger partial charge < -0.3 is 25.3 Å². The van der Waals surface area contributed by atoms with Gasteiger partial charge in [0.25, 0.3) is 5.69 Å². The molecular weight excluding hydrogens is 559 g/mol. The van der Waals surface area contributed by atoms with Crippen LogP contribution >= 0.6 is 0 Å². The lowest BCUT2D eigenvalue weighted by molar-refractivity contribution is -0.384. The average Bonchev–Trinajstić information content (AvgIpc) is 2.96. The number of aliphatic carboxylic acids is 1. The van der Waals surface area contributed by atoms with Gasteiger partial charge in [0, 0.05) is 49.7 Å². The number of nitrogens with zero attached hydrogens (tertiary/aromatic N) is 4. The number of nitro groups is 1. The minimum absolute atomic E-state index is 0.0747. The van der Waals surface area contributed by atoms with E-state index in [2.05, 4.69) is 27.2 Å². The van der Waals surface area contributed by atoms with Crippen molar-refractivity contribution in [2.24, 2.45) is 4.99 Å². The molecule has 0 saturated carbocycles. The number of carbonyl (C=O) groups is 2. The minimum Gasteiger partial charge on any atom is -0.478 e. The summed E-state index contributed by atoms with van der Waals surface area (Å²) in [6, 6.07) is 21.5. The number of non-ortho nitro benzene ring substituents is 1. The number of carboxylic acids is 2. The number of anilines is 2. The van der Waals surface area contributed by atoms with Crippen LogP contribution in [-0.4, -0.2) is 70.3 Å². The summed E-state index contributed by atoms with van der Waals surface area (Å²) in [5, 5.41) is 30.7. The van der Waals surface area contributed by atoms with Gasteiger partial charge in [0.2, 0.25) is 0 Å². The zero-order valence-electron chi connectivity index (χ0n) is 22.4. The Balaban J connectivity index is 0.000000616. The van der Waals surface area contributed by atoms with Crippen LogP contribution in [0.3, 0.4) is 0 Å². The van der Waals surface area contributed by atoms with Crippen molar-refractivity contribution in [2.75, 3.05) is 36.4 Å². The van der Waals surface area contributed by atoms with Gasteiger partial charge in [-0.2, -0.15) is 13.2 Å². The van der Waals surface area contributed by atoms with Crippen molar-refractivity contribution in [1.29, 1.82) is 0 Å². The maximum atomic E-state index is 11.4. The highest BCUT2D eigenvalue weighted by atomic mass is 19.4. The van der Waals surface area contributed by atoms with E-state index >= 15 is 0 Å². The third kappa shape index (κ3) is 9.21. The number of rotatable bonds is 6. The smallest absolute Gasteiger partial charge is 0.478 e. The van der Waals surface area contributed by atoms with Crippen molar-refractivity contribution in [2.45, 2.75) is 19.6 Å². The van der Waals surface area contributed by atoms with Crippen LogP contribution in [0.5, 0.6) is 0 Å². The fourth-order valence-electron chi connectivity index (χ4n) is 3.90. The number of halogens is 3. The molecular formula is C28H28F3N5O6. The lowest BCUT2D eigenvalue weighted by Gasteiger charge is -2.37. The second-order valence-electron chi connectivity index (χ2n) is 9.19. The number of alkyl halides is 3. The Kier molecular flexibility index (Phi) is 10.4. The summed E-state index contributed by atoms with van der Waals surface area (Å²) in [6.45, 7) is 5.35. The zero-order chi connectivity index (χ0) is 30.9. The molecule has 42 heavy (non-hydrogen) atoms. The molecule has 3 N–H and O–H groups in total. The van der Waals surface area contributed by atoms with Crippen molar-refractivity contribution in [3.05, 3.63) is 99.6 Å². The molecule has 1 saturated heterocycles. The highest BCUT2D eigenvalue weighted by Gasteiger charge is 2.38. The summed E-state index contributed by atoms with van der Waals surface area (Å²) >= 11 is 0. The molecule has 0 atom stereocenters. The van der Waals surface area contributed by atoms with Gasteiger partial charge in [0.15, 0.2) is 5.96 Å². The van der Waals surface area contributed by atoms with Gasteiger partial charge in [-0.15, -0.1) is 0 Å². The van der Waals surface area contributed by atoms with Gasteiger partial charge in [-0.25, -0.2) is 14.6 Å². The van der Waals surface area contributed by atoms with Crippen LogP contribution in [0.15, 0.2) is 77.8 Å². The molecule has 0 radical (unpaired) electrons. The molecule has 1 heterocycles. The van der Waals surface area contributed by atoms with E-state index in [1.54, 1.807) is 30.3 Å². The number of hydrogen-bond acceptors (Lipinski definition) is 6. The van der Waals surface area contributed by atoms with Gasteiger partial charge in [0.05, 0.1) is 17.0 Å². The highest BCUT2D eigenvalue weighted by molar-refractivity contribution is 5.96. The fraction of sp³-hybridized carbons (Fsp3) is 0.250. The quantitative estimate of drug-likeness (QED) is 0.156. The zero-order valence-corrected chi connectivity index (χ0v) is 22.4. The first-order valence-electron chi connectivity index (χ1n) is 12.6. The van der Waals surface area contributed by atoms with E-state index in [1.807, 2.05) is 25.1 Å². The molecule has 0 spiro atoms. The Hall–Kier alpha value is -5.14. The molecule has 0 aromatic heterocycles. The molecule has 0 unspecified atom stereocenters. The van der Waals surface area contributed by atoms with Crippen LogP contribution < -0.4 is 10.2 Å². The molecule has 14 heteroatoms. The third-order valence-electron chi connectivity index (χ3n) is 6.15. The van der Waals surface area contributed by atoms with Crippen molar-refractivity contribution in [3.63, 3.8) is 0 Å². The number of aromatic carboxylic acids is 1. The number of aliphatic imine (C=N–C) groups is 1. The normalized spacial score (nSPS) is 13.6. The molecule has 0 amide bonds. The number of guanidine groups is 1. The molecule has 0 bridgehead atoms. The maximum absolute atomic E-state index is 11.4. The number of benzene rings is 3. The maximum Gasteiger partial charge on any atom is 0.490 e. The number of hydrogen-bond donors (Lipinski definition) is 3. The number of carboxylic acid groups (broad SMARTS) is 2. The second-order valence-corrected chi connectivity index (χ2v) is 9.19. The largest absolute Gasteiger partial charge is 0.490 e. The van der Waals surface area contributed by atoms with E-state index in [0.29, 0.717) is 31.3 Å². The van der Waals surface area contributed by atoms with Gasteiger partial charge in [-0.3, -0.25) is 10.1 Å². The van der Waals surface area contributed by atoms with E-state index in [1.165, 1.54) is 17.7 Å². The summed E-state index contributed by atoms with van der Waals surface area (Å²) < 4.78 is 31.7. The summed E-state index contributed by atoms with van der Waals surface area (Å²) in [6.07, 6.45) is -5.08. The van der Waals surface area contributed by atoms with Crippen molar-refractivity contribution < 1.29 is 37.9 Å². The predicted molar refractivity (Wildman–Crippen MR) is 150 cm³/mol. The average molecular weight is 588 g/mol. The number of nitro benzene ring substituents is 1. The van der Waals surface area contributed by atoms with Crippen molar-refractivity contribution in [3.8, 4) is 0 Å². The van der Waals surface area contributed by atoms with Crippen molar-refractivity contribution >= 4 is 35.0 Å². The van der Waals surface area contributed by atoms with Crippen LogP contribution in [0.2, 0.25) is 0 Å². The Morgan fingerprint density at radius 1 is 0.976 bits per heavy atom. The SMILES string of the molecule is Cc1ccc(CN=C(Nc2cccc(C(=O)O)c2)N2CCN(c3ccc([N+](=O)[O-])cc3)CC2)cc1.O=C(O)C(F)(F)F. The molecule has 3 aromatic rings. The summed E-state index contributed by atoms with van der Waals surface area (Å²) in [7, 11) is 0. The van der Waals surface area contributed by atoms with E-state index in [0.717, 1.165) is 24.3 Å². The monoisotopic (exact) mass is 587 g/mol. The molecule has 4 rings (SSSR count). The van der Waals surface area contributed by atoms with Gasteiger partial charge in [0.1, 0.15) is 0 Å². The highest BCUT2D eigenvalue weighted by Crippen LogP contribution is 2.21. The topological polar surface area (TPSA) is 149 Å². The lowest BCUT2D eigenvalue weighted by Crippen LogP contribution is -2.50. The van der Waals surface area contributed by atoms with Crippen LogP contribution in [0.4, 0.5) is 30.2 Å². The first-order chi connectivity index (χ1) is 19.8. The standard InChI is InChI=1S/C26H27N5O4.C2HF3O2/c1-19-5-7-20(8-6-19)18-27-26(28-22-4-2-3-21(17-22)25(32)33)30-15-13-29(14-16-30)23-9-11-24(12-10-23)31(34)35;3-2(4,5)1(6)7/h2-12,17H,13-16,18H2,1H3,(H,27,28)(H,32,33);(H,6,7). The Labute approximate surface area is 238 Å². The number of aryl methyl sites for hydroxylation is 1. The Morgan fingerprint density at radius 2 is 1.57 bits per heavy atom. The van der Waals surface area contributed by atoms with Crippen LogP contribution in [-0.2, 0) is 11.3 Å². The molecule has 3 aromatic carbocycles. The summed E-state index contributed by atoms with van der Waals surface area (Å²) in [4.78, 5) is 40.0. The molecule has 222 valence electrons. The van der Waals surface area contributed by atoms with E-state index in [-0.39, 0.29) is 11.3 Å². The van der Waals surface area contributed by atoms with E-state index in [9.17, 15) is 33.2 Å². The van der Waals surface area contributed by atoms with Crippen molar-refractivity contribution in [1.82, 2.24) is 4.90 Å². The van der Waals surface area contributed by atoms with Crippen LogP contribution in [0.1, 0.15) is 21.5 Å². The molecule has 1 aliphatic rings. The molecule has 11 nitrogen and oxygen atoms in total. The minimum atomic E-state index is -5.08. The first-order valence-corrected chi connectivity index (χ1v) is 12.6. The molecule has 1 fully saturated rings. The second kappa shape index (κ2) is 14.0. The Morgan fingerprint density at radius 3 is 2.10 bits per heavy atom. The third-order valence-corrected chi connectivity index (χ3v) is 6.15. The van der Waals surface area contributed by atoms with Crippen LogP contribution in [0, 0.1) is 17.0 Å². The number of piperazine rings is 1. The van der Waals surface area contributed by atoms with Gasteiger partial charge >= 0.3 is 18.1 Å².